The van der Waals surface area contributed by atoms with E-state index in [-0.39, 0.29) is 5.91 Å². The first kappa shape index (κ1) is 16.0. The van der Waals surface area contributed by atoms with E-state index in [0.717, 1.165) is 18.4 Å². The normalized spacial score (nSPS) is 18.2. The minimum Gasteiger partial charge on any atom is -0.391 e. The minimum atomic E-state index is -0.422. The number of benzene rings is 1. The van der Waals surface area contributed by atoms with Crippen LogP contribution in [-0.4, -0.2) is 44.9 Å². The number of aliphatic hydroxyl groups excluding tert-OH is 1. The molecule has 1 unspecified atom stereocenters. The van der Waals surface area contributed by atoms with Gasteiger partial charge in [0.25, 0.3) is 5.91 Å². The molecule has 1 fully saturated rings. The Labute approximate surface area is 140 Å². The fourth-order valence-electron chi connectivity index (χ4n) is 2.94. The summed E-state index contributed by atoms with van der Waals surface area (Å²) in [6, 6.07) is 7.59. The number of hydrogen-bond donors (Lipinski definition) is 1. The number of nitrogens with zero attached hydrogens (tertiary/aromatic N) is 3. The molecule has 0 aliphatic carbocycles. The average molecular weight is 334 g/mol. The first-order chi connectivity index (χ1) is 11.0. The van der Waals surface area contributed by atoms with E-state index in [4.69, 9.17) is 11.6 Å². The first-order valence-corrected chi connectivity index (χ1v) is 8.16. The van der Waals surface area contributed by atoms with E-state index < -0.39 is 6.10 Å². The van der Waals surface area contributed by atoms with Gasteiger partial charge in [-0.25, -0.2) is 0 Å². The quantitative estimate of drug-likeness (QED) is 0.938. The SMILES string of the molecule is Cc1nn(Cc2cccc(Cl)c2)cc1C(=O)N1CCCC(O)C1. The molecular formula is C17H20ClN3O2. The number of carbonyl (C=O) groups is 1. The Morgan fingerprint density at radius 2 is 2.30 bits per heavy atom. The highest BCUT2D eigenvalue weighted by molar-refractivity contribution is 6.30. The summed E-state index contributed by atoms with van der Waals surface area (Å²) < 4.78 is 1.76. The van der Waals surface area contributed by atoms with Crippen LogP contribution < -0.4 is 0 Å². The molecule has 1 atom stereocenters. The van der Waals surface area contributed by atoms with Crippen molar-refractivity contribution in [2.24, 2.45) is 0 Å². The Morgan fingerprint density at radius 1 is 1.48 bits per heavy atom. The van der Waals surface area contributed by atoms with Gasteiger partial charge in [-0.2, -0.15) is 5.10 Å². The van der Waals surface area contributed by atoms with Gasteiger partial charge in [0, 0.05) is 24.3 Å². The molecule has 0 bridgehead atoms. The van der Waals surface area contributed by atoms with Crippen LogP contribution in [0.25, 0.3) is 0 Å². The van der Waals surface area contributed by atoms with Crippen molar-refractivity contribution in [1.82, 2.24) is 14.7 Å². The maximum Gasteiger partial charge on any atom is 0.257 e. The van der Waals surface area contributed by atoms with Crippen molar-refractivity contribution in [3.8, 4) is 0 Å². The van der Waals surface area contributed by atoms with Crippen LogP contribution in [0.15, 0.2) is 30.5 Å². The highest BCUT2D eigenvalue weighted by atomic mass is 35.5. The largest absolute Gasteiger partial charge is 0.391 e. The van der Waals surface area contributed by atoms with Crippen LogP contribution in [0.5, 0.6) is 0 Å². The second-order valence-corrected chi connectivity index (χ2v) is 6.44. The second-order valence-electron chi connectivity index (χ2n) is 6.00. The number of piperidine rings is 1. The van der Waals surface area contributed by atoms with Gasteiger partial charge in [-0.1, -0.05) is 23.7 Å². The maximum absolute atomic E-state index is 12.6. The van der Waals surface area contributed by atoms with Gasteiger partial charge in [0.1, 0.15) is 0 Å². The molecule has 1 aromatic carbocycles. The van der Waals surface area contributed by atoms with E-state index >= 15 is 0 Å². The lowest BCUT2D eigenvalue weighted by atomic mass is 10.1. The van der Waals surface area contributed by atoms with Gasteiger partial charge in [0.15, 0.2) is 0 Å². The molecule has 6 heteroatoms. The Hall–Kier alpha value is -1.85. The fraction of sp³-hybridized carbons (Fsp3) is 0.412. The van der Waals surface area contributed by atoms with E-state index in [1.807, 2.05) is 31.2 Å². The number of halogens is 1. The lowest BCUT2D eigenvalue weighted by Gasteiger charge is -2.29. The maximum atomic E-state index is 12.6. The predicted molar refractivity (Wildman–Crippen MR) is 88.7 cm³/mol. The predicted octanol–water partition coefficient (Wildman–Crippen LogP) is 2.49. The van der Waals surface area contributed by atoms with Crippen LogP contribution in [0.4, 0.5) is 0 Å². The molecule has 23 heavy (non-hydrogen) atoms. The van der Waals surface area contributed by atoms with Crippen LogP contribution in [0.3, 0.4) is 0 Å². The molecule has 1 aromatic heterocycles. The Bertz CT molecular complexity index is 714. The van der Waals surface area contributed by atoms with Crippen molar-refractivity contribution in [3.63, 3.8) is 0 Å². The summed E-state index contributed by atoms with van der Waals surface area (Å²) in [5, 5.41) is 14.9. The van der Waals surface area contributed by atoms with Crippen LogP contribution in [0.1, 0.15) is 34.5 Å². The molecule has 2 aromatic rings. The summed E-state index contributed by atoms with van der Waals surface area (Å²) in [5.74, 6) is -0.0569. The fourth-order valence-corrected chi connectivity index (χ4v) is 3.15. The summed E-state index contributed by atoms with van der Waals surface area (Å²) in [5.41, 5.74) is 2.34. The average Bonchev–Trinajstić information content (AvgIpc) is 2.87. The van der Waals surface area contributed by atoms with Gasteiger partial charge in [-0.15, -0.1) is 0 Å². The first-order valence-electron chi connectivity index (χ1n) is 7.79. The third-order valence-electron chi connectivity index (χ3n) is 4.09. The number of carbonyl (C=O) groups excluding carboxylic acids is 1. The molecule has 1 aliphatic heterocycles. The van der Waals surface area contributed by atoms with Gasteiger partial charge < -0.3 is 10.0 Å². The van der Waals surface area contributed by atoms with Crippen LogP contribution in [-0.2, 0) is 6.54 Å². The van der Waals surface area contributed by atoms with Crippen LogP contribution in [0.2, 0.25) is 5.02 Å². The number of likely N-dealkylation sites (tertiary alicyclic amines) is 1. The standard InChI is InChI=1S/C17H20ClN3O2/c1-12-16(17(23)20-7-3-6-15(22)10-20)11-21(19-12)9-13-4-2-5-14(18)8-13/h2,4-5,8,11,15,22H,3,6-7,9-10H2,1H3. The molecule has 122 valence electrons. The Balaban J connectivity index is 1.76. The van der Waals surface area contributed by atoms with Crippen molar-refractivity contribution >= 4 is 17.5 Å². The van der Waals surface area contributed by atoms with E-state index in [9.17, 15) is 9.90 Å². The molecule has 0 saturated carbocycles. The molecule has 3 rings (SSSR count). The zero-order valence-corrected chi connectivity index (χ0v) is 13.8. The molecule has 1 N–H and O–H groups in total. The monoisotopic (exact) mass is 333 g/mol. The van der Waals surface area contributed by atoms with Gasteiger partial charge in [0.05, 0.1) is 23.9 Å². The third kappa shape index (κ3) is 3.74. The lowest BCUT2D eigenvalue weighted by molar-refractivity contribution is 0.0473. The number of hydrogen-bond acceptors (Lipinski definition) is 3. The minimum absolute atomic E-state index is 0.0569. The topological polar surface area (TPSA) is 58.4 Å². The molecular weight excluding hydrogens is 314 g/mol. The van der Waals surface area contributed by atoms with Crippen molar-refractivity contribution in [1.29, 1.82) is 0 Å². The summed E-state index contributed by atoms with van der Waals surface area (Å²) in [6.45, 7) is 3.49. The van der Waals surface area contributed by atoms with E-state index in [2.05, 4.69) is 5.10 Å². The molecule has 0 spiro atoms. The molecule has 1 amide bonds. The van der Waals surface area contributed by atoms with Crippen LogP contribution in [0, 0.1) is 6.92 Å². The van der Waals surface area contributed by atoms with Crippen molar-refractivity contribution in [2.45, 2.75) is 32.4 Å². The van der Waals surface area contributed by atoms with E-state index in [0.29, 0.717) is 35.9 Å². The van der Waals surface area contributed by atoms with Crippen molar-refractivity contribution in [3.05, 3.63) is 52.3 Å². The number of aromatic nitrogens is 2. The Morgan fingerprint density at radius 3 is 3.04 bits per heavy atom. The van der Waals surface area contributed by atoms with Gasteiger partial charge in [-0.3, -0.25) is 9.48 Å². The summed E-state index contributed by atoms with van der Waals surface area (Å²) in [6.07, 6.45) is 2.95. The van der Waals surface area contributed by atoms with E-state index in [1.54, 1.807) is 15.8 Å². The number of aryl methyl sites for hydroxylation is 1. The molecule has 1 aliphatic rings. The molecule has 5 nitrogen and oxygen atoms in total. The number of β-amino-alcohol motifs (C(OH)–C–C–N with tert-alkyl or cyclic N) is 1. The van der Waals surface area contributed by atoms with Crippen LogP contribution >= 0.6 is 11.6 Å². The smallest absolute Gasteiger partial charge is 0.257 e. The van der Waals surface area contributed by atoms with Gasteiger partial charge in [0.2, 0.25) is 0 Å². The van der Waals surface area contributed by atoms with Gasteiger partial charge in [-0.05, 0) is 37.5 Å². The van der Waals surface area contributed by atoms with Crippen molar-refractivity contribution < 1.29 is 9.90 Å². The number of aliphatic hydroxyl groups is 1. The molecule has 2 heterocycles. The van der Waals surface area contributed by atoms with E-state index in [1.165, 1.54) is 0 Å². The summed E-state index contributed by atoms with van der Waals surface area (Å²) in [4.78, 5) is 14.3. The molecule has 0 radical (unpaired) electrons. The summed E-state index contributed by atoms with van der Waals surface area (Å²) >= 11 is 6.00. The number of amides is 1. The Kier molecular flexibility index (Phi) is 4.68. The molecule has 1 saturated heterocycles. The zero-order valence-electron chi connectivity index (χ0n) is 13.1. The lowest BCUT2D eigenvalue weighted by Crippen LogP contribution is -2.42. The third-order valence-corrected chi connectivity index (χ3v) is 4.33. The van der Waals surface area contributed by atoms with Crippen molar-refractivity contribution in [2.75, 3.05) is 13.1 Å². The highest BCUT2D eigenvalue weighted by Crippen LogP contribution is 2.17. The highest BCUT2D eigenvalue weighted by Gasteiger charge is 2.25. The van der Waals surface area contributed by atoms with Gasteiger partial charge >= 0.3 is 0 Å². The number of rotatable bonds is 3. The zero-order chi connectivity index (χ0) is 16.4. The second kappa shape index (κ2) is 6.72. The summed E-state index contributed by atoms with van der Waals surface area (Å²) in [7, 11) is 0.